The van der Waals surface area contributed by atoms with E-state index in [-0.39, 0.29) is 11.7 Å². The number of carbonyl (C=O) groups excluding carboxylic acids is 1. The minimum Gasteiger partial charge on any atom is -0.292 e. The summed E-state index contributed by atoms with van der Waals surface area (Å²) in [6.07, 6.45) is 6.53. The van der Waals surface area contributed by atoms with Crippen LogP contribution in [0.25, 0.3) is 0 Å². The monoisotopic (exact) mass is 247 g/mol. The van der Waals surface area contributed by atoms with E-state index in [1.165, 1.54) is 12.8 Å². The summed E-state index contributed by atoms with van der Waals surface area (Å²) in [5.41, 5.74) is 1.77. The molecule has 90 valence electrons. The predicted octanol–water partition coefficient (Wildman–Crippen LogP) is 3.25. The van der Waals surface area contributed by atoms with Crippen molar-refractivity contribution in [1.82, 2.24) is 4.98 Å². The number of carbonyl (C=O) groups is 1. The Labute approximate surface area is 106 Å². The van der Waals surface area contributed by atoms with Crippen molar-refractivity contribution >= 4 is 17.5 Å². The third-order valence-corrected chi connectivity index (χ3v) is 5.45. The molecule has 0 radical (unpaired) electrons. The highest BCUT2D eigenvalue weighted by Gasteiger charge is 2.38. The molecule has 2 unspecified atom stereocenters. The Bertz CT molecular complexity index is 416. The number of hydrogen-bond donors (Lipinski definition) is 0. The molecule has 0 N–H and O–H groups in total. The molecule has 2 bridgehead atoms. The number of hydrogen-bond acceptors (Lipinski definition) is 3. The van der Waals surface area contributed by atoms with E-state index in [9.17, 15) is 4.79 Å². The fourth-order valence-electron chi connectivity index (χ4n) is 2.89. The molecular formula is C14H17NOS. The maximum Gasteiger partial charge on any atom is 0.184 e. The average Bonchev–Trinajstić information content (AvgIpc) is 2.68. The smallest absolute Gasteiger partial charge is 0.184 e. The average molecular weight is 247 g/mol. The van der Waals surface area contributed by atoms with Crippen molar-refractivity contribution in [2.24, 2.45) is 5.92 Å². The maximum atomic E-state index is 12.4. The van der Waals surface area contributed by atoms with Crippen LogP contribution in [0, 0.1) is 12.8 Å². The summed E-state index contributed by atoms with van der Waals surface area (Å²) >= 11 is 2.10. The van der Waals surface area contributed by atoms with Crippen molar-refractivity contribution in [3.63, 3.8) is 0 Å². The summed E-state index contributed by atoms with van der Waals surface area (Å²) < 4.78 is 0. The van der Waals surface area contributed by atoms with Gasteiger partial charge in [-0.2, -0.15) is 11.8 Å². The third kappa shape index (κ3) is 2.25. The van der Waals surface area contributed by atoms with Crippen LogP contribution in [0.15, 0.2) is 18.3 Å². The van der Waals surface area contributed by atoms with E-state index < -0.39 is 0 Å². The van der Waals surface area contributed by atoms with Crippen LogP contribution in [0.3, 0.4) is 0 Å². The lowest BCUT2D eigenvalue weighted by atomic mass is 9.92. The minimum absolute atomic E-state index is 0.226. The van der Waals surface area contributed by atoms with Crippen LogP contribution in [0.1, 0.15) is 41.7 Å². The zero-order chi connectivity index (χ0) is 11.8. The molecule has 17 heavy (non-hydrogen) atoms. The Hall–Kier alpha value is -0.830. The Morgan fingerprint density at radius 3 is 2.59 bits per heavy atom. The van der Waals surface area contributed by atoms with E-state index in [0.29, 0.717) is 5.69 Å². The summed E-state index contributed by atoms with van der Waals surface area (Å²) in [6, 6.07) is 3.85. The van der Waals surface area contributed by atoms with E-state index in [1.54, 1.807) is 6.20 Å². The van der Waals surface area contributed by atoms with Crippen molar-refractivity contribution in [1.29, 1.82) is 0 Å². The molecule has 2 aliphatic heterocycles. The SMILES string of the molecule is Cc1ccc(C(=O)C2CC3CCC(C2)S3)nc1. The van der Waals surface area contributed by atoms with E-state index >= 15 is 0 Å². The van der Waals surface area contributed by atoms with Crippen LogP contribution >= 0.6 is 11.8 Å². The Kier molecular flexibility index (Phi) is 2.95. The highest BCUT2D eigenvalue weighted by Crippen LogP contribution is 2.46. The number of rotatable bonds is 2. The minimum atomic E-state index is 0.226. The van der Waals surface area contributed by atoms with Crippen LogP contribution in [0.4, 0.5) is 0 Å². The van der Waals surface area contributed by atoms with Gasteiger partial charge in [-0.05, 0) is 44.2 Å². The molecule has 0 spiro atoms. The molecule has 0 saturated carbocycles. The second-order valence-corrected chi connectivity index (χ2v) is 6.82. The number of aryl methyl sites for hydroxylation is 1. The van der Waals surface area contributed by atoms with Crippen molar-refractivity contribution < 1.29 is 4.79 Å². The second-order valence-electron chi connectivity index (χ2n) is 5.21. The van der Waals surface area contributed by atoms with Gasteiger partial charge in [0.05, 0.1) is 0 Å². The lowest BCUT2D eigenvalue weighted by molar-refractivity contribution is 0.0901. The van der Waals surface area contributed by atoms with Gasteiger partial charge in [-0.15, -0.1) is 0 Å². The second kappa shape index (κ2) is 4.45. The first-order valence-corrected chi connectivity index (χ1v) is 7.29. The van der Waals surface area contributed by atoms with E-state index in [2.05, 4.69) is 16.7 Å². The van der Waals surface area contributed by atoms with Gasteiger partial charge < -0.3 is 0 Å². The van der Waals surface area contributed by atoms with Crippen molar-refractivity contribution in [3.05, 3.63) is 29.6 Å². The number of nitrogens with zero attached hydrogens (tertiary/aromatic N) is 1. The van der Waals surface area contributed by atoms with E-state index in [4.69, 9.17) is 0 Å². The zero-order valence-electron chi connectivity index (χ0n) is 10.1. The van der Waals surface area contributed by atoms with Gasteiger partial charge in [0, 0.05) is 22.6 Å². The van der Waals surface area contributed by atoms with E-state index in [0.717, 1.165) is 28.9 Å². The van der Waals surface area contributed by atoms with Gasteiger partial charge in [0.15, 0.2) is 5.78 Å². The molecule has 3 heteroatoms. The van der Waals surface area contributed by atoms with Crippen molar-refractivity contribution in [2.45, 2.75) is 43.1 Å². The largest absolute Gasteiger partial charge is 0.292 e. The fourth-order valence-corrected chi connectivity index (χ4v) is 4.67. The van der Waals surface area contributed by atoms with Gasteiger partial charge in [0.1, 0.15) is 5.69 Å². The highest BCUT2D eigenvalue weighted by molar-refractivity contribution is 8.00. The molecule has 2 nitrogen and oxygen atoms in total. The molecule has 0 aromatic carbocycles. The molecule has 3 rings (SSSR count). The van der Waals surface area contributed by atoms with Gasteiger partial charge in [0.25, 0.3) is 0 Å². The number of Topliss-reactive ketones (excluding diaryl/α,β-unsaturated/α-hetero) is 1. The standard InChI is InChI=1S/C14H17NOS/c1-9-2-5-13(15-8-9)14(16)10-6-11-3-4-12(7-10)17-11/h2,5,8,10-12H,3-4,6-7H2,1H3. The van der Waals surface area contributed by atoms with Gasteiger partial charge in [-0.1, -0.05) is 6.07 Å². The Morgan fingerprint density at radius 2 is 2.00 bits per heavy atom. The normalized spacial score (nSPS) is 31.5. The molecule has 2 aliphatic rings. The molecule has 2 atom stereocenters. The lowest BCUT2D eigenvalue weighted by Gasteiger charge is -2.25. The summed E-state index contributed by atoms with van der Waals surface area (Å²) in [5.74, 6) is 0.492. The van der Waals surface area contributed by atoms with Gasteiger partial charge in [0.2, 0.25) is 0 Å². The first-order chi connectivity index (χ1) is 8.22. The van der Waals surface area contributed by atoms with Crippen LogP contribution < -0.4 is 0 Å². The first kappa shape index (κ1) is 11.3. The van der Waals surface area contributed by atoms with Crippen LogP contribution in [-0.4, -0.2) is 21.3 Å². The van der Waals surface area contributed by atoms with Crippen LogP contribution in [0.5, 0.6) is 0 Å². The molecule has 2 fully saturated rings. The van der Waals surface area contributed by atoms with Crippen molar-refractivity contribution in [3.8, 4) is 0 Å². The maximum absolute atomic E-state index is 12.4. The summed E-state index contributed by atoms with van der Waals surface area (Å²) in [5, 5.41) is 1.46. The number of fused-ring (bicyclic) bond motifs is 2. The molecule has 3 heterocycles. The van der Waals surface area contributed by atoms with E-state index in [1.807, 2.05) is 19.1 Å². The quantitative estimate of drug-likeness (QED) is 0.751. The number of thioether (sulfide) groups is 1. The summed E-state index contributed by atoms with van der Waals surface area (Å²) in [7, 11) is 0. The molecule has 0 amide bonds. The topological polar surface area (TPSA) is 30.0 Å². The highest BCUT2D eigenvalue weighted by atomic mass is 32.2. The predicted molar refractivity (Wildman–Crippen MR) is 70.4 cm³/mol. The molecule has 0 aliphatic carbocycles. The van der Waals surface area contributed by atoms with Gasteiger partial charge in [-0.3, -0.25) is 9.78 Å². The lowest BCUT2D eigenvalue weighted by Crippen LogP contribution is -2.25. The molecule has 1 aromatic heterocycles. The third-order valence-electron chi connectivity index (χ3n) is 3.82. The van der Waals surface area contributed by atoms with Crippen LogP contribution in [-0.2, 0) is 0 Å². The molecular weight excluding hydrogens is 230 g/mol. The summed E-state index contributed by atoms with van der Waals surface area (Å²) in [6.45, 7) is 2.00. The van der Waals surface area contributed by atoms with Crippen molar-refractivity contribution in [2.75, 3.05) is 0 Å². The van der Waals surface area contributed by atoms with Crippen LogP contribution in [0.2, 0.25) is 0 Å². The first-order valence-electron chi connectivity index (χ1n) is 6.34. The number of ketones is 1. The summed E-state index contributed by atoms with van der Waals surface area (Å²) in [4.78, 5) is 16.6. The van der Waals surface area contributed by atoms with Gasteiger partial charge >= 0.3 is 0 Å². The molecule has 1 aromatic rings. The Balaban J connectivity index is 1.76. The fraction of sp³-hybridized carbons (Fsp3) is 0.571. The number of pyridine rings is 1. The Morgan fingerprint density at radius 1 is 1.29 bits per heavy atom. The number of aromatic nitrogens is 1. The van der Waals surface area contributed by atoms with Gasteiger partial charge in [-0.25, -0.2) is 0 Å². The zero-order valence-corrected chi connectivity index (χ0v) is 10.9. The molecule has 2 saturated heterocycles.